The number of amides is 1. The molecule has 5 heteroatoms. The summed E-state index contributed by atoms with van der Waals surface area (Å²) in [5, 5.41) is 6.39. The maximum absolute atomic E-state index is 11.9. The molecule has 2 aliphatic heterocycles. The van der Waals surface area contributed by atoms with E-state index in [4.69, 9.17) is 0 Å². The van der Waals surface area contributed by atoms with E-state index in [0.717, 1.165) is 39.0 Å². The Kier molecular flexibility index (Phi) is 6.23. The molecule has 0 aromatic rings. The summed E-state index contributed by atoms with van der Waals surface area (Å²) in [7, 11) is 2.15. The predicted octanol–water partition coefficient (Wildman–Crippen LogP) is 0.476. The first-order valence-corrected chi connectivity index (χ1v) is 6.42. The summed E-state index contributed by atoms with van der Waals surface area (Å²) >= 11 is 0. The van der Waals surface area contributed by atoms with Crippen LogP contribution in [-0.4, -0.2) is 50.6 Å². The zero-order chi connectivity index (χ0) is 11.4. The van der Waals surface area contributed by atoms with E-state index in [1.165, 1.54) is 13.0 Å². The number of hydrogen-bond acceptors (Lipinski definition) is 3. The van der Waals surface area contributed by atoms with Crippen molar-refractivity contribution in [2.45, 2.75) is 19.3 Å². The van der Waals surface area contributed by atoms with Crippen molar-refractivity contribution in [3.05, 3.63) is 0 Å². The molecule has 0 bridgehead atoms. The first-order valence-electron chi connectivity index (χ1n) is 6.42. The summed E-state index contributed by atoms with van der Waals surface area (Å²) in [6.07, 6.45) is 3.40. The van der Waals surface area contributed by atoms with Gasteiger partial charge in [0.1, 0.15) is 0 Å². The van der Waals surface area contributed by atoms with E-state index >= 15 is 0 Å². The fourth-order valence-electron chi connectivity index (χ4n) is 2.66. The van der Waals surface area contributed by atoms with Gasteiger partial charge in [0.05, 0.1) is 5.92 Å². The largest absolute Gasteiger partial charge is 0.355 e. The molecule has 0 saturated carbocycles. The minimum absolute atomic E-state index is 0. The molecule has 0 radical (unpaired) electrons. The molecule has 2 atom stereocenters. The topological polar surface area (TPSA) is 44.4 Å². The quantitative estimate of drug-likeness (QED) is 0.777. The van der Waals surface area contributed by atoms with Gasteiger partial charge >= 0.3 is 0 Å². The highest BCUT2D eigenvalue weighted by atomic mass is 35.5. The number of likely N-dealkylation sites (tertiary alicyclic amines) is 1. The minimum atomic E-state index is 0. The molecular weight excluding hydrogens is 238 g/mol. The number of hydrogen-bond donors (Lipinski definition) is 2. The van der Waals surface area contributed by atoms with Crippen molar-refractivity contribution < 1.29 is 4.79 Å². The van der Waals surface area contributed by atoms with E-state index in [-0.39, 0.29) is 24.2 Å². The molecule has 2 fully saturated rings. The Morgan fingerprint density at radius 1 is 1.47 bits per heavy atom. The van der Waals surface area contributed by atoms with Crippen LogP contribution in [0.1, 0.15) is 19.3 Å². The summed E-state index contributed by atoms with van der Waals surface area (Å²) in [4.78, 5) is 14.2. The Hall–Kier alpha value is -0.320. The molecule has 4 nitrogen and oxygen atoms in total. The normalized spacial score (nSPS) is 29.7. The molecular formula is C12H24ClN3O. The summed E-state index contributed by atoms with van der Waals surface area (Å²) in [6, 6.07) is 0. The summed E-state index contributed by atoms with van der Waals surface area (Å²) in [6.45, 7) is 5.09. The maximum atomic E-state index is 11.9. The fourth-order valence-corrected chi connectivity index (χ4v) is 2.66. The van der Waals surface area contributed by atoms with Crippen LogP contribution >= 0.6 is 12.4 Å². The molecule has 0 aliphatic carbocycles. The van der Waals surface area contributed by atoms with E-state index in [2.05, 4.69) is 22.6 Å². The lowest BCUT2D eigenvalue weighted by atomic mass is 9.98. The minimum Gasteiger partial charge on any atom is -0.355 e. The molecule has 2 aliphatic rings. The van der Waals surface area contributed by atoms with Crippen molar-refractivity contribution in [3.63, 3.8) is 0 Å². The van der Waals surface area contributed by atoms with Crippen LogP contribution in [0, 0.1) is 11.8 Å². The second-order valence-corrected chi connectivity index (χ2v) is 5.21. The van der Waals surface area contributed by atoms with Gasteiger partial charge < -0.3 is 15.5 Å². The third kappa shape index (κ3) is 4.45. The van der Waals surface area contributed by atoms with Crippen LogP contribution < -0.4 is 10.6 Å². The monoisotopic (exact) mass is 261 g/mol. The molecule has 1 unspecified atom stereocenters. The predicted molar refractivity (Wildman–Crippen MR) is 71.5 cm³/mol. The first-order chi connectivity index (χ1) is 7.75. The average molecular weight is 262 g/mol. The smallest absolute Gasteiger partial charge is 0.224 e. The number of piperidine rings is 1. The lowest BCUT2D eigenvalue weighted by Crippen LogP contribution is -2.42. The number of nitrogens with one attached hydrogen (secondary N) is 2. The molecule has 2 rings (SSSR count). The third-order valence-corrected chi connectivity index (χ3v) is 3.72. The van der Waals surface area contributed by atoms with Crippen LogP contribution in [-0.2, 0) is 4.79 Å². The van der Waals surface area contributed by atoms with Crippen molar-refractivity contribution in [2.24, 2.45) is 11.8 Å². The number of halogens is 1. The molecule has 0 aromatic carbocycles. The Bertz CT molecular complexity index is 244. The van der Waals surface area contributed by atoms with Gasteiger partial charge in [-0.3, -0.25) is 4.79 Å². The highest BCUT2D eigenvalue weighted by Crippen LogP contribution is 2.14. The third-order valence-electron chi connectivity index (χ3n) is 3.72. The molecule has 100 valence electrons. The van der Waals surface area contributed by atoms with Crippen LogP contribution in [0.15, 0.2) is 0 Å². The maximum Gasteiger partial charge on any atom is 0.224 e. The lowest BCUT2D eigenvalue weighted by Gasteiger charge is -2.22. The van der Waals surface area contributed by atoms with Gasteiger partial charge in [-0.15, -0.1) is 12.4 Å². The fraction of sp³-hybridized carbons (Fsp3) is 0.917. The van der Waals surface area contributed by atoms with E-state index < -0.39 is 0 Å². The van der Waals surface area contributed by atoms with Crippen LogP contribution in [0.25, 0.3) is 0 Å². The van der Waals surface area contributed by atoms with Gasteiger partial charge in [-0.1, -0.05) is 0 Å². The van der Waals surface area contributed by atoms with Crippen LogP contribution in [0.2, 0.25) is 0 Å². The van der Waals surface area contributed by atoms with Crippen LogP contribution in [0.4, 0.5) is 0 Å². The Morgan fingerprint density at radius 2 is 2.29 bits per heavy atom. The SMILES string of the molecule is CN1CCC(CNC(=O)[C@@H]2CCCNC2)C1.Cl. The molecule has 2 N–H and O–H groups in total. The van der Waals surface area contributed by atoms with Crippen molar-refractivity contribution in [1.82, 2.24) is 15.5 Å². The van der Waals surface area contributed by atoms with Crippen LogP contribution in [0.3, 0.4) is 0 Å². The van der Waals surface area contributed by atoms with E-state index in [1.807, 2.05) is 0 Å². The average Bonchev–Trinajstić information content (AvgIpc) is 2.73. The standard InChI is InChI=1S/C12H23N3O.ClH/c1-15-6-4-10(9-15)7-14-12(16)11-3-2-5-13-8-11;/h10-11,13H,2-9H2,1H3,(H,14,16);1H/t10?,11-;/m1./s1. The molecule has 17 heavy (non-hydrogen) atoms. The number of carbonyl (C=O) groups is 1. The van der Waals surface area contributed by atoms with Gasteiger partial charge in [0.25, 0.3) is 0 Å². The molecule has 0 aromatic heterocycles. The first kappa shape index (κ1) is 14.7. The van der Waals surface area contributed by atoms with Crippen molar-refractivity contribution in [2.75, 3.05) is 39.8 Å². The van der Waals surface area contributed by atoms with Gasteiger partial charge in [0.2, 0.25) is 5.91 Å². The second-order valence-electron chi connectivity index (χ2n) is 5.21. The summed E-state index contributed by atoms with van der Waals surface area (Å²) in [5.41, 5.74) is 0. The number of rotatable bonds is 3. The van der Waals surface area contributed by atoms with Crippen LogP contribution in [0.5, 0.6) is 0 Å². The molecule has 1 amide bonds. The molecule has 2 saturated heterocycles. The van der Waals surface area contributed by atoms with Gasteiger partial charge in [0, 0.05) is 19.6 Å². The Labute approximate surface area is 110 Å². The van der Waals surface area contributed by atoms with E-state index in [0.29, 0.717) is 5.92 Å². The van der Waals surface area contributed by atoms with Crippen molar-refractivity contribution in [3.8, 4) is 0 Å². The molecule has 2 heterocycles. The zero-order valence-corrected chi connectivity index (χ0v) is 11.4. The number of carbonyl (C=O) groups excluding carboxylic acids is 1. The second kappa shape index (κ2) is 7.19. The van der Waals surface area contributed by atoms with Gasteiger partial charge in [-0.05, 0) is 45.3 Å². The Balaban J connectivity index is 0.00000144. The summed E-state index contributed by atoms with van der Waals surface area (Å²) in [5.74, 6) is 1.11. The lowest BCUT2D eigenvalue weighted by molar-refractivity contribution is -0.125. The van der Waals surface area contributed by atoms with Crippen molar-refractivity contribution in [1.29, 1.82) is 0 Å². The Morgan fingerprint density at radius 3 is 2.88 bits per heavy atom. The number of nitrogens with zero attached hydrogens (tertiary/aromatic N) is 1. The van der Waals surface area contributed by atoms with Gasteiger partial charge in [-0.2, -0.15) is 0 Å². The highest BCUT2D eigenvalue weighted by Gasteiger charge is 2.23. The van der Waals surface area contributed by atoms with Gasteiger partial charge in [0.15, 0.2) is 0 Å². The molecule has 0 spiro atoms. The summed E-state index contributed by atoms with van der Waals surface area (Å²) < 4.78 is 0. The zero-order valence-electron chi connectivity index (χ0n) is 10.6. The van der Waals surface area contributed by atoms with E-state index in [1.54, 1.807) is 0 Å². The highest BCUT2D eigenvalue weighted by molar-refractivity contribution is 5.85. The van der Waals surface area contributed by atoms with Crippen molar-refractivity contribution >= 4 is 18.3 Å². The van der Waals surface area contributed by atoms with E-state index in [9.17, 15) is 4.79 Å². The van der Waals surface area contributed by atoms with Gasteiger partial charge in [-0.25, -0.2) is 0 Å².